The maximum absolute atomic E-state index is 12.6. The third-order valence-electron chi connectivity index (χ3n) is 5.26. The molecule has 0 spiro atoms. The number of halogens is 1. The minimum atomic E-state index is 0.0536. The molecule has 138 valence electrons. The van der Waals surface area contributed by atoms with Crippen LogP contribution in [0.15, 0.2) is 54.7 Å². The molecule has 1 amide bonds. The van der Waals surface area contributed by atoms with Crippen molar-refractivity contribution in [1.29, 1.82) is 0 Å². The van der Waals surface area contributed by atoms with Crippen LogP contribution in [0.1, 0.15) is 35.7 Å². The average molecular weight is 380 g/mol. The molecule has 0 saturated carbocycles. The van der Waals surface area contributed by atoms with E-state index in [1.807, 2.05) is 46.7 Å². The molecule has 1 saturated heterocycles. The summed E-state index contributed by atoms with van der Waals surface area (Å²) in [6.45, 7) is 3.53. The fraction of sp³-hybridized carbons (Fsp3) is 0.273. The van der Waals surface area contributed by atoms with E-state index in [4.69, 9.17) is 11.6 Å². The third kappa shape index (κ3) is 3.76. The minimum absolute atomic E-state index is 0.0536. The van der Waals surface area contributed by atoms with Crippen LogP contribution in [-0.4, -0.2) is 33.3 Å². The number of fused-ring (bicyclic) bond motifs is 1. The first-order chi connectivity index (χ1) is 13.1. The Balaban J connectivity index is 1.44. The SMILES string of the molecule is Cc1nc2ccc(Cl)cn2c1/C=C/C(=O)N1CCC(c2ccccc2)CC1. The largest absolute Gasteiger partial charge is 0.339 e. The number of hydrogen-bond acceptors (Lipinski definition) is 2. The summed E-state index contributed by atoms with van der Waals surface area (Å²) in [5.41, 5.74) is 3.97. The maximum atomic E-state index is 12.6. The van der Waals surface area contributed by atoms with E-state index in [1.165, 1.54) is 5.56 Å². The highest BCUT2D eigenvalue weighted by molar-refractivity contribution is 6.30. The van der Waals surface area contributed by atoms with Crippen molar-refractivity contribution in [3.8, 4) is 0 Å². The van der Waals surface area contributed by atoms with Crippen molar-refractivity contribution in [2.45, 2.75) is 25.7 Å². The van der Waals surface area contributed by atoms with Crippen LogP contribution in [0.2, 0.25) is 5.02 Å². The lowest BCUT2D eigenvalue weighted by Crippen LogP contribution is -2.36. The second-order valence-electron chi connectivity index (χ2n) is 7.00. The lowest BCUT2D eigenvalue weighted by Gasteiger charge is -2.31. The predicted molar refractivity (Wildman–Crippen MR) is 109 cm³/mol. The van der Waals surface area contributed by atoms with Crippen LogP contribution in [0.3, 0.4) is 0 Å². The number of piperidine rings is 1. The summed E-state index contributed by atoms with van der Waals surface area (Å²) < 4.78 is 1.92. The van der Waals surface area contributed by atoms with Gasteiger partial charge in [0.05, 0.1) is 16.4 Å². The van der Waals surface area contributed by atoms with Crippen molar-refractivity contribution >= 4 is 29.2 Å². The molecule has 0 bridgehead atoms. The van der Waals surface area contributed by atoms with Gasteiger partial charge in [-0.3, -0.25) is 9.20 Å². The molecule has 0 aliphatic carbocycles. The standard InChI is InChI=1S/C22H22ClN3O/c1-16-20(26-15-19(23)7-9-21(26)24-16)8-10-22(27)25-13-11-18(12-14-25)17-5-3-2-4-6-17/h2-10,15,18H,11-14H2,1H3/b10-8+. The lowest BCUT2D eigenvalue weighted by atomic mass is 9.89. The number of benzene rings is 1. The first-order valence-electron chi connectivity index (χ1n) is 9.28. The number of carbonyl (C=O) groups is 1. The van der Waals surface area contributed by atoms with Gasteiger partial charge in [-0.1, -0.05) is 41.9 Å². The topological polar surface area (TPSA) is 37.6 Å². The van der Waals surface area contributed by atoms with Gasteiger partial charge in [-0.25, -0.2) is 4.98 Å². The van der Waals surface area contributed by atoms with Crippen LogP contribution < -0.4 is 0 Å². The van der Waals surface area contributed by atoms with E-state index in [-0.39, 0.29) is 5.91 Å². The number of aromatic nitrogens is 2. The van der Waals surface area contributed by atoms with Crippen LogP contribution in [-0.2, 0) is 4.79 Å². The Hall–Kier alpha value is -2.59. The first kappa shape index (κ1) is 17.8. The molecule has 27 heavy (non-hydrogen) atoms. The molecule has 0 unspecified atom stereocenters. The summed E-state index contributed by atoms with van der Waals surface area (Å²) in [5, 5.41) is 0.642. The van der Waals surface area contributed by atoms with Crippen LogP contribution in [0.5, 0.6) is 0 Å². The van der Waals surface area contributed by atoms with Crippen molar-refractivity contribution in [1.82, 2.24) is 14.3 Å². The van der Waals surface area contributed by atoms with Crippen molar-refractivity contribution in [2.75, 3.05) is 13.1 Å². The van der Waals surface area contributed by atoms with Gasteiger partial charge in [-0.2, -0.15) is 0 Å². The molecule has 4 rings (SSSR count). The average Bonchev–Trinajstić information content (AvgIpc) is 3.01. The lowest BCUT2D eigenvalue weighted by molar-refractivity contribution is -0.126. The number of aryl methyl sites for hydroxylation is 1. The Morgan fingerprint density at radius 3 is 2.63 bits per heavy atom. The molecule has 1 fully saturated rings. The monoisotopic (exact) mass is 379 g/mol. The second kappa shape index (κ2) is 7.57. The molecule has 4 nitrogen and oxygen atoms in total. The van der Waals surface area contributed by atoms with Crippen molar-refractivity contribution in [3.05, 3.63) is 76.7 Å². The highest BCUT2D eigenvalue weighted by Gasteiger charge is 2.22. The van der Waals surface area contributed by atoms with Crippen molar-refractivity contribution in [3.63, 3.8) is 0 Å². The number of carbonyl (C=O) groups excluding carboxylic acids is 1. The predicted octanol–water partition coefficient (Wildman–Crippen LogP) is 4.72. The number of imidazole rings is 1. The summed E-state index contributed by atoms with van der Waals surface area (Å²) in [6.07, 6.45) is 7.34. The minimum Gasteiger partial charge on any atom is -0.339 e. The Morgan fingerprint density at radius 2 is 1.89 bits per heavy atom. The van der Waals surface area contributed by atoms with Gasteiger partial charge in [0.15, 0.2) is 0 Å². The fourth-order valence-electron chi connectivity index (χ4n) is 3.77. The van der Waals surface area contributed by atoms with E-state index >= 15 is 0 Å². The molecule has 0 N–H and O–H groups in total. The summed E-state index contributed by atoms with van der Waals surface area (Å²) >= 11 is 6.10. The number of amides is 1. The van der Waals surface area contributed by atoms with Gasteiger partial charge >= 0.3 is 0 Å². The van der Waals surface area contributed by atoms with E-state index in [1.54, 1.807) is 6.08 Å². The van der Waals surface area contributed by atoms with Gasteiger partial charge < -0.3 is 4.90 Å². The number of hydrogen-bond donors (Lipinski definition) is 0. The Bertz CT molecular complexity index is 985. The van der Waals surface area contributed by atoms with Gasteiger partial charge in [-0.05, 0) is 49.5 Å². The van der Waals surface area contributed by atoms with E-state index in [2.05, 4.69) is 29.2 Å². The zero-order valence-electron chi connectivity index (χ0n) is 15.3. The Labute approximate surface area is 164 Å². The normalized spacial score (nSPS) is 15.7. The Morgan fingerprint density at radius 1 is 1.15 bits per heavy atom. The molecular weight excluding hydrogens is 358 g/mol. The van der Waals surface area contributed by atoms with Crippen LogP contribution in [0, 0.1) is 6.92 Å². The van der Waals surface area contributed by atoms with E-state index in [0.717, 1.165) is 43.0 Å². The molecule has 3 aromatic rings. The molecular formula is C22H22ClN3O. The number of likely N-dealkylation sites (tertiary alicyclic amines) is 1. The third-order valence-corrected chi connectivity index (χ3v) is 5.49. The van der Waals surface area contributed by atoms with Gasteiger partial charge in [0, 0.05) is 25.4 Å². The smallest absolute Gasteiger partial charge is 0.246 e. The molecule has 0 radical (unpaired) electrons. The maximum Gasteiger partial charge on any atom is 0.246 e. The van der Waals surface area contributed by atoms with Gasteiger partial charge in [0.2, 0.25) is 5.91 Å². The highest BCUT2D eigenvalue weighted by Crippen LogP contribution is 2.28. The molecule has 2 aromatic heterocycles. The number of pyridine rings is 1. The summed E-state index contributed by atoms with van der Waals surface area (Å²) in [5.74, 6) is 0.597. The number of rotatable bonds is 3. The molecule has 3 heterocycles. The summed E-state index contributed by atoms with van der Waals surface area (Å²) in [7, 11) is 0. The van der Waals surface area contributed by atoms with Crippen molar-refractivity contribution < 1.29 is 4.79 Å². The fourth-order valence-corrected chi connectivity index (χ4v) is 3.93. The van der Waals surface area contributed by atoms with E-state index in [9.17, 15) is 4.79 Å². The Kier molecular flexibility index (Phi) is 4.99. The van der Waals surface area contributed by atoms with E-state index < -0.39 is 0 Å². The molecule has 5 heteroatoms. The highest BCUT2D eigenvalue weighted by atomic mass is 35.5. The molecule has 0 atom stereocenters. The van der Waals surface area contributed by atoms with Gasteiger partial charge in [0.25, 0.3) is 0 Å². The zero-order chi connectivity index (χ0) is 18.8. The molecule has 1 aliphatic rings. The summed E-state index contributed by atoms with van der Waals surface area (Å²) in [6, 6.07) is 14.3. The van der Waals surface area contributed by atoms with E-state index in [0.29, 0.717) is 10.9 Å². The zero-order valence-corrected chi connectivity index (χ0v) is 16.1. The second-order valence-corrected chi connectivity index (χ2v) is 7.44. The molecule has 1 aliphatic heterocycles. The van der Waals surface area contributed by atoms with Crippen LogP contribution in [0.4, 0.5) is 0 Å². The summed E-state index contributed by atoms with van der Waals surface area (Å²) in [4.78, 5) is 19.1. The van der Waals surface area contributed by atoms with Crippen molar-refractivity contribution in [2.24, 2.45) is 0 Å². The first-order valence-corrected chi connectivity index (χ1v) is 9.66. The quantitative estimate of drug-likeness (QED) is 0.618. The van der Waals surface area contributed by atoms with Crippen LogP contribution >= 0.6 is 11.6 Å². The molecule has 1 aromatic carbocycles. The van der Waals surface area contributed by atoms with Crippen LogP contribution in [0.25, 0.3) is 11.7 Å². The van der Waals surface area contributed by atoms with Gasteiger partial charge in [0.1, 0.15) is 5.65 Å². The van der Waals surface area contributed by atoms with Gasteiger partial charge in [-0.15, -0.1) is 0 Å². The number of nitrogens with zero attached hydrogens (tertiary/aromatic N) is 3.